The van der Waals surface area contributed by atoms with Gasteiger partial charge in [-0.2, -0.15) is 4.68 Å². The molecule has 4 rings (SSSR count). The highest BCUT2D eigenvalue weighted by Crippen LogP contribution is 2.20. The van der Waals surface area contributed by atoms with Gasteiger partial charge in [-0.25, -0.2) is 4.98 Å². The Bertz CT molecular complexity index is 993. The van der Waals surface area contributed by atoms with E-state index in [1.54, 1.807) is 17.0 Å². The molecule has 0 saturated carbocycles. The molecule has 0 bridgehead atoms. The van der Waals surface area contributed by atoms with Gasteiger partial charge in [-0.15, -0.1) is 5.10 Å². The molecule has 3 aromatic rings. The number of morpholine rings is 1. The summed E-state index contributed by atoms with van der Waals surface area (Å²) in [5.74, 6) is 0. The first-order chi connectivity index (χ1) is 12.6. The van der Waals surface area contributed by atoms with E-state index in [1.807, 2.05) is 19.1 Å². The predicted octanol–water partition coefficient (Wildman–Crippen LogP) is 1.27. The van der Waals surface area contributed by atoms with Gasteiger partial charge < -0.3 is 4.74 Å². The molecule has 0 aliphatic carbocycles. The molecule has 1 saturated heterocycles. The summed E-state index contributed by atoms with van der Waals surface area (Å²) < 4.78 is 8.46. The lowest BCUT2D eigenvalue weighted by molar-refractivity contribution is 0.0362. The van der Waals surface area contributed by atoms with Crippen molar-refractivity contribution in [2.24, 2.45) is 0 Å². The van der Waals surface area contributed by atoms with Crippen LogP contribution >= 0.6 is 11.6 Å². The Balaban J connectivity index is 1.62. The lowest BCUT2D eigenvalue weighted by Gasteiger charge is -2.26. The van der Waals surface area contributed by atoms with Crippen LogP contribution in [0, 0.1) is 6.92 Å². The van der Waals surface area contributed by atoms with Gasteiger partial charge in [0.1, 0.15) is 6.33 Å². The van der Waals surface area contributed by atoms with Crippen molar-refractivity contribution in [1.29, 1.82) is 0 Å². The molecule has 1 fully saturated rings. The number of halogens is 1. The number of benzene rings is 1. The van der Waals surface area contributed by atoms with Crippen LogP contribution in [0.1, 0.15) is 5.56 Å². The molecule has 1 aliphatic heterocycles. The smallest absolute Gasteiger partial charge is 0.283 e. The van der Waals surface area contributed by atoms with Gasteiger partial charge in [0.15, 0.2) is 11.2 Å². The number of aromatic nitrogens is 5. The lowest BCUT2D eigenvalue weighted by atomic mass is 10.2. The van der Waals surface area contributed by atoms with Crippen molar-refractivity contribution >= 4 is 22.8 Å². The Hall–Kier alpha value is -2.29. The van der Waals surface area contributed by atoms with E-state index < -0.39 is 0 Å². The number of hydrogen-bond acceptors (Lipinski definition) is 6. The second-order valence-electron chi connectivity index (χ2n) is 6.30. The summed E-state index contributed by atoms with van der Waals surface area (Å²) in [5, 5.41) is 8.77. The molecule has 1 aliphatic rings. The van der Waals surface area contributed by atoms with E-state index in [0.29, 0.717) is 17.2 Å². The average molecular weight is 375 g/mol. The summed E-state index contributed by atoms with van der Waals surface area (Å²) in [6, 6.07) is 5.56. The highest BCUT2D eigenvalue weighted by atomic mass is 35.5. The number of rotatable bonds is 4. The van der Waals surface area contributed by atoms with Crippen molar-refractivity contribution < 1.29 is 4.74 Å². The number of fused-ring (bicyclic) bond motifs is 1. The third kappa shape index (κ3) is 3.23. The summed E-state index contributed by atoms with van der Waals surface area (Å²) in [5.41, 5.74) is 2.19. The van der Waals surface area contributed by atoms with Gasteiger partial charge in [-0.3, -0.25) is 14.3 Å². The molecule has 8 nitrogen and oxygen atoms in total. The van der Waals surface area contributed by atoms with Crippen LogP contribution in [0.5, 0.6) is 0 Å². The Morgan fingerprint density at radius 1 is 1.23 bits per heavy atom. The minimum absolute atomic E-state index is 0.187. The molecule has 0 amide bonds. The van der Waals surface area contributed by atoms with Crippen molar-refractivity contribution in [3.63, 3.8) is 0 Å². The van der Waals surface area contributed by atoms with Crippen LogP contribution in [0.4, 0.5) is 0 Å². The molecule has 0 unspecified atom stereocenters. The van der Waals surface area contributed by atoms with Crippen LogP contribution in [-0.2, 0) is 11.3 Å². The molecular weight excluding hydrogens is 356 g/mol. The van der Waals surface area contributed by atoms with Crippen LogP contribution in [0.2, 0.25) is 5.02 Å². The highest BCUT2D eigenvalue weighted by Gasteiger charge is 2.15. The van der Waals surface area contributed by atoms with Crippen LogP contribution in [0.3, 0.4) is 0 Å². The summed E-state index contributed by atoms with van der Waals surface area (Å²) in [6.07, 6.45) is 1.56. The van der Waals surface area contributed by atoms with Gasteiger partial charge in [0.05, 0.1) is 18.9 Å². The van der Waals surface area contributed by atoms with Crippen LogP contribution in [-0.4, -0.2) is 62.3 Å². The second-order valence-corrected chi connectivity index (χ2v) is 6.71. The molecule has 1 aromatic carbocycles. The zero-order valence-corrected chi connectivity index (χ0v) is 15.2. The first kappa shape index (κ1) is 17.1. The first-order valence-corrected chi connectivity index (χ1v) is 8.89. The summed E-state index contributed by atoms with van der Waals surface area (Å²) in [7, 11) is 0. The van der Waals surface area contributed by atoms with Gasteiger partial charge in [-0.05, 0) is 24.6 Å². The standard InChI is InChI=1S/C17H19ClN6O2/c1-12-2-3-13(10-14(12)18)24-16-15(20-21-24)17(25)23(11-19-16)5-4-22-6-8-26-9-7-22/h2-3,10-11H,4-9H2,1H3. The molecule has 9 heteroatoms. The lowest BCUT2D eigenvalue weighted by Crippen LogP contribution is -2.39. The van der Waals surface area contributed by atoms with E-state index in [4.69, 9.17) is 16.3 Å². The zero-order valence-electron chi connectivity index (χ0n) is 14.4. The third-order valence-corrected chi connectivity index (χ3v) is 5.00. The van der Waals surface area contributed by atoms with Crippen LogP contribution in [0.15, 0.2) is 29.3 Å². The quantitative estimate of drug-likeness (QED) is 0.684. The third-order valence-electron chi connectivity index (χ3n) is 4.59. The highest BCUT2D eigenvalue weighted by molar-refractivity contribution is 6.31. The van der Waals surface area contributed by atoms with Gasteiger partial charge in [0.2, 0.25) is 0 Å². The van der Waals surface area contributed by atoms with E-state index >= 15 is 0 Å². The zero-order chi connectivity index (χ0) is 18.1. The summed E-state index contributed by atoms with van der Waals surface area (Å²) >= 11 is 6.19. The van der Waals surface area contributed by atoms with E-state index in [1.165, 1.54) is 4.68 Å². The molecule has 0 atom stereocenters. The van der Waals surface area contributed by atoms with Crippen molar-refractivity contribution in [3.8, 4) is 5.69 Å². The SMILES string of the molecule is Cc1ccc(-n2nnc3c(=O)n(CCN4CCOCC4)cnc32)cc1Cl. The fourth-order valence-corrected chi connectivity index (χ4v) is 3.14. The Kier molecular flexibility index (Phi) is 4.71. The van der Waals surface area contributed by atoms with E-state index in [-0.39, 0.29) is 11.1 Å². The van der Waals surface area contributed by atoms with E-state index in [2.05, 4.69) is 20.2 Å². The van der Waals surface area contributed by atoms with Gasteiger partial charge in [0, 0.05) is 31.2 Å². The van der Waals surface area contributed by atoms with E-state index in [9.17, 15) is 4.79 Å². The first-order valence-electron chi connectivity index (χ1n) is 8.51. The minimum Gasteiger partial charge on any atom is -0.379 e. The molecule has 0 radical (unpaired) electrons. The molecule has 136 valence electrons. The van der Waals surface area contributed by atoms with Crippen molar-refractivity contribution in [2.75, 3.05) is 32.8 Å². The van der Waals surface area contributed by atoms with Crippen molar-refractivity contribution in [1.82, 2.24) is 29.4 Å². The number of aryl methyl sites for hydroxylation is 1. The number of hydrogen-bond donors (Lipinski definition) is 0. The van der Waals surface area contributed by atoms with Gasteiger partial charge in [-0.1, -0.05) is 22.9 Å². The minimum atomic E-state index is -0.187. The molecular formula is C17H19ClN6O2. The topological polar surface area (TPSA) is 78.1 Å². The Morgan fingerprint density at radius 3 is 2.81 bits per heavy atom. The average Bonchev–Trinajstić information content (AvgIpc) is 3.09. The van der Waals surface area contributed by atoms with Gasteiger partial charge >= 0.3 is 0 Å². The Labute approximate surface area is 155 Å². The number of nitrogens with zero attached hydrogens (tertiary/aromatic N) is 6. The molecule has 3 heterocycles. The fourth-order valence-electron chi connectivity index (χ4n) is 2.96. The summed E-state index contributed by atoms with van der Waals surface area (Å²) in [6.45, 7) is 6.50. The van der Waals surface area contributed by atoms with Gasteiger partial charge in [0.25, 0.3) is 5.56 Å². The molecule has 2 aromatic heterocycles. The van der Waals surface area contributed by atoms with Crippen molar-refractivity contribution in [3.05, 3.63) is 45.5 Å². The predicted molar refractivity (Wildman–Crippen MR) is 97.9 cm³/mol. The van der Waals surface area contributed by atoms with Crippen LogP contribution in [0.25, 0.3) is 16.9 Å². The maximum atomic E-state index is 12.7. The molecule has 0 N–H and O–H groups in total. The Morgan fingerprint density at radius 2 is 2.04 bits per heavy atom. The van der Waals surface area contributed by atoms with Crippen molar-refractivity contribution in [2.45, 2.75) is 13.5 Å². The number of ether oxygens (including phenoxy) is 1. The molecule has 26 heavy (non-hydrogen) atoms. The maximum Gasteiger partial charge on any atom is 0.283 e. The second kappa shape index (κ2) is 7.14. The molecule has 0 spiro atoms. The fraction of sp³-hybridized carbons (Fsp3) is 0.412. The van der Waals surface area contributed by atoms with E-state index in [0.717, 1.165) is 44.1 Å². The van der Waals surface area contributed by atoms with Crippen LogP contribution < -0.4 is 5.56 Å². The largest absolute Gasteiger partial charge is 0.379 e. The monoisotopic (exact) mass is 374 g/mol. The summed E-state index contributed by atoms with van der Waals surface area (Å²) in [4.78, 5) is 19.4. The maximum absolute atomic E-state index is 12.7. The normalized spacial score (nSPS) is 15.6.